The Labute approximate surface area is 103 Å². The number of rotatable bonds is 3. The standard InChI is InChI=1S/C10H11FN4O2S/c1-15-5-10(13-6-15)18(16,17)14-7-2-3-8(11)9(12)4-7/h2-6,14H,12H2,1H3. The number of aryl methyl sites for hydroxylation is 1. The number of anilines is 2. The van der Waals surface area contributed by atoms with Gasteiger partial charge in [0.1, 0.15) is 5.82 Å². The lowest BCUT2D eigenvalue weighted by Gasteiger charge is -2.06. The molecule has 0 saturated heterocycles. The average Bonchev–Trinajstić information content (AvgIpc) is 2.71. The van der Waals surface area contributed by atoms with Crippen LogP contribution in [0.4, 0.5) is 15.8 Å². The molecule has 0 aliphatic carbocycles. The van der Waals surface area contributed by atoms with Gasteiger partial charge in [-0.25, -0.2) is 9.37 Å². The third-order valence-corrected chi connectivity index (χ3v) is 3.47. The van der Waals surface area contributed by atoms with Gasteiger partial charge in [0.2, 0.25) is 0 Å². The van der Waals surface area contributed by atoms with Crippen molar-refractivity contribution in [3.8, 4) is 0 Å². The highest BCUT2D eigenvalue weighted by atomic mass is 32.2. The summed E-state index contributed by atoms with van der Waals surface area (Å²) in [5.41, 5.74) is 5.40. The van der Waals surface area contributed by atoms with Crippen molar-refractivity contribution in [3.63, 3.8) is 0 Å². The van der Waals surface area contributed by atoms with Gasteiger partial charge in [-0.1, -0.05) is 0 Å². The number of nitrogen functional groups attached to an aromatic ring is 1. The Morgan fingerprint density at radius 3 is 2.72 bits per heavy atom. The highest BCUT2D eigenvalue weighted by molar-refractivity contribution is 7.92. The van der Waals surface area contributed by atoms with E-state index in [2.05, 4.69) is 9.71 Å². The topological polar surface area (TPSA) is 90.0 Å². The van der Waals surface area contributed by atoms with Gasteiger partial charge in [0.15, 0.2) is 5.03 Å². The van der Waals surface area contributed by atoms with E-state index in [4.69, 9.17) is 5.73 Å². The van der Waals surface area contributed by atoms with Gasteiger partial charge in [0.05, 0.1) is 17.7 Å². The molecule has 18 heavy (non-hydrogen) atoms. The van der Waals surface area contributed by atoms with Crippen LogP contribution in [0, 0.1) is 5.82 Å². The first-order valence-corrected chi connectivity index (χ1v) is 6.42. The van der Waals surface area contributed by atoms with Gasteiger partial charge in [-0.2, -0.15) is 8.42 Å². The van der Waals surface area contributed by atoms with Crippen molar-refractivity contribution < 1.29 is 12.8 Å². The number of hydrogen-bond donors (Lipinski definition) is 2. The summed E-state index contributed by atoms with van der Waals surface area (Å²) in [5.74, 6) is -0.601. The van der Waals surface area contributed by atoms with E-state index in [0.29, 0.717) is 0 Å². The predicted octanol–water partition coefficient (Wildman–Crippen LogP) is 0.942. The highest BCUT2D eigenvalue weighted by Crippen LogP contribution is 2.19. The molecular weight excluding hydrogens is 259 g/mol. The van der Waals surface area contributed by atoms with Gasteiger partial charge >= 0.3 is 0 Å². The fraction of sp³-hybridized carbons (Fsp3) is 0.100. The number of imidazole rings is 1. The third kappa shape index (κ3) is 2.43. The predicted molar refractivity (Wildman–Crippen MR) is 64.8 cm³/mol. The molecule has 0 unspecified atom stereocenters. The second kappa shape index (κ2) is 4.30. The van der Waals surface area contributed by atoms with E-state index >= 15 is 0 Å². The van der Waals surface area contributed by atoms with Crippen molar-refractivity contribution in [1.82, 2.24) is 9.55 Å². The monoisotopic (exact) mass is 270 g/mol. The van der Waals surface area contributed by atoms with Crippen LogP contribution < -0.4 is 10.5 Å². The summed E-state index contributed by atoms with van der Waals surface area (Å²) in [6.07, 6.45) is 2.72. The lowest BCUT2D eigenvalue weighted by atomic mass is 10.3. The van der Waals surface area contributed by atoms with E-state index in [0.717, 1.165) is 6.07 Å². The minimum Gasteiger partial charge on any atom is -0.396 e. The van der Waals surface area contributed by atoms with Gasteiger partial charge in [0, 0.05) is 13.2 Å². The quantitative estimate of drug-likeness (QED) is 0.812. The number of aromatic nitrogens is 2. The highest BCUT2D eigenvalue weighted by Gasteiger charge is 2.17. The lowest BCUT2D eigenvalue weighted by Crippen LogP contribution is -2.13. The number of nitrogens with two attached hydrogens (primary N) is 1. The number of nitrogens with zero attached hydrogens (tertiary/aromatic N) is 2. The first kappa shape index (κ1) is 12.4. The molecule has 6 nitrogen and oxygen atoms in total. The van der Waals surface area contributed by atoms with Crippen molar-refractivity contribution in [2.45, 2.75) is 5.03 Å². The summed E-state index contributed by atoms with van der Waals surface area (Å²) in [5, 5.41) is -0.118. The molecule has 0 aliphatic rings. The molecule has 0 atom stereocenters. The van der Waals surface area contributed by atoms with Crippen molar-refractivity contribution in [1.29, 1.82) is 0 Å². The maximum atomic E-state index is 12.9. The Bertz CT molecular complexity index is 681. The molecule has 0 saturated carbocycles. The van der Waals surface area contributed by atoms with E-state index in [1.54, 1.807) is 7.05 Å². The van der Waals surface area contributed by atoms with Gasteiger partial charge in [-0.05, 0) is 18.2 Å². The molecule has 1 aromatic heterocycles. The van der Waals surface area contributed by atoms with Crippen LogP contribution in [0.25, 0.3) is 0 Å². The maximum absolute atomic E-state index is 12.9. The fourth-order valence-corrected chi connectivity index (χ4v) is 2.38. The summed E-state index contributed by atoms with van der Waals surface area (Å²) in [6.45, 7) is 0. The Morgan fingerprint density at radius 2 is 2.17 bits per heavy atom. The molecule has 2 rings (SSSR count). The van der Waals surface area contributed by atoms with Gasteiger partial charge < -0.3 is 10.3 Å². The van der Waals surface area contributed by atoms with Crippen LogP contribution in [0.2, 0.25) is 0 Å². The summed E-state index contributed by atoms with van der Waals surface area (Å²) in [4.78, 5) is 3.73. The molecule has 8 heteroatoms. The average molecular weight is 270 g/mol. The molecule has 2 aromatic rings. The summed E-state index contributed by atoms with van der Waals surface area (Å²) >= 11 is 0. The number of sulfonamides is 1. The zero-order chi connectivity index (χ0) is 13.3. The molecule has 0 spiro atoms. The van der Waals surface area contributed by atoms with E-state index in [-0.39, 0.29) is 16.4 Å². The molecule has 0 bridgehead atoms. The van der Waals surface area contributed by atoms with Gasteiger partial charge in [-0.3, -0.25) is 4.72 Å². The van der Waals surface area contributed by atoms with E-state index in [9.17, 15) is 12.8 Å². The Morgan fingerprint density at radius 1 is 1.44 bits per heavy atom. The number of benzene rings is 1. The van der Waals surface area contributed by atoms with Crippen LogP contribution >= 0.6 is 0 Å². The molecule has 1 heterocycles. The summed E-state index contributed by atoms with van der Waals surface area (Å²) in [7, 11) is -2.13. The molecule has 0 aliphatic heterocycles. The van der Waals surface area contributed by atoms with Crippen molar-refractivity contribution >= 4 is 21.4 Å². The number of halogens is 1. The molecule has 0 fully saturated rings. The SMILES string of the molecule is Cn1cnc(S(=O)(=O)Nc2ccc(F)c(N)c2)c1. The third-order valence-electron chi connectivity index (χ3n) is 2.20. The van der Waals surface area contributed by atoms with Crippen molar-refractivity contribution in [2.75, 3.05) is 10.5 Å². The van der Waals surface area contributed by atoms with Crippen LogP contribution in [0.15, 0.2) is 35.7 Å². The minimum absolute atomic E-state index is 0.118. The number of nitrogens with one attached hydrogen (secondary N) is 1. The summed E-state index contributed by atoms with van der Waals surface area (Å²) in [6, 6.07) is 3.58. The second-order valence-electron chi connectivity index (χ2n) is 3.72. The molecule has 0 radical (unpaired) electrons. The number of hydrogen-bond acceptors (Lipinski definition) is 4. The van der Waals surface area contributed by atoms with Gasteiger partial charge in [-0.15, -0.1) is 0 Å². The smallest absolute Gasteiger partial charge is 0.280 e. The van der Waals surface area contributed by atoms with E-state index < -0.39 is 15.8 Å². The maximum Gasteiger partial charge on any atom is 0.280 e. The zero-order valence-corrected chi connectivity index (χ0v) is 10.3. The lowest BCUT2D eigenvalue weighted by molar-refractivity contribution is 0.598. The normalized spacial score (nSPS) is 11.4. The Hall–Kier alpha value is -2.09. The molecule has 0 amide bonds. The molecular formula is C10H11FN4O2S. The second-order valence-corrected chi connectivity index (χ2v) is 5.35. The first-order chi connectivity index (χ1) is 8.38. The molecule has 1 aromatic carbocycles. The van der Waals surface area contributed by atoms with Crippen LogP contribution in [0.5, 0.6) is 0 Å². The Balaban J connectivity index is 2.30. The van der Waals surface area contributed by atoms with E-state index in [1.807, 2.05) is 0 Å². The van der Waals surface area contributed by atoms with Crippen LogP contribution in [0.3, 0.4) is 0 Å². The fourth-order valence-electron chi connectivity index (χ4n) is 1.34. The van der Waals surface area contributed by atoms with E-state index in [1.165, 1.54) is 29.2 Å². The largest absolute Gasteiger partial charge is 0.396 e. The van der Waals surface area contributed by atoms with Gasteiger partial charge in [0.25, 0.3) is 10.0 Å². The van der Waals surface area contributed by atoms with Crippen LogP contribution in [-0.4, -0.2) is 18.0 Å². The van der Waals surface area contributed by atoms with Crippen molar-refractivity contribution in [2.24, 2.45) is 7.05 Å². The first-order valence-electron chi connectivity index (χ1n) is 4.94. The Kier molecular flexibility index (Phi) is 2.95. The zero-order valence-electron chi connectivity index (χ0n) is 9.46. The molecule has 96 valence electrons. The molecule has 3 N–H and O–H groups in total. The summed E-state index contributed by atoms with van der Waals surface area (Å²) < 4.78 is 40.5. The van der Waals surface area contributed by atoms with Crippen molar-refractivity contribution in [3.05, 3.63) is 36.5 Å². The van der Waals surface area contributed by atoms with Crippen LogP contribution in [0.1, 0.15) is 0 Å². The minimum atomic E-state index is -3.78. The van der Waals surface area contributed by atoms with Crippen LogP contribution in [-0.2, 0) is 17.1 Å².